The van der Waals surface area contributed by atoms with Gasteiger partial charge in [0.25, 0.3) is 0 Å². The van der Waals surface area contributed by atoms with Crippen LogP contribution in [0, 0.1) is 6.67 Å². The molecule has 0 saturated carbocycles. The highest BCUT2D eigenvalue weighted by atomic mass is 19.1. The summed E-state index contributed by atoms with van der Waals surface area (Å²) in [6.07, 6.45) is 4.16. The number of rotatable bonds is 4. The van der Waals surface area contributed by atoms with Crippen molar-refractivity contribution in [3.63, 3.8) is 0 Å². The first-order chi connectivity index (χ1) is 3.41. The third-order valence-corrected chi connectivity index (χ3v) is 0.721. The molecule has 0 atom stereocenters. The Balaban J connectivity index is 2.56. The number of hydrogen-bond acceptors (Lipinski definition) is 0. The minimum atomic E-state index is 0.562. The molecule has 0 fully saturated rings. The summed E-state index contributed by atoms with van der Waals surface area (Å²) >= 11 is 0. The number of halogens is 1. The normalized spacial score (nSPS) is 8.71. The highest BCUT2D eigenvalue weighted by Crippen LogP contribution is 1.97. The van der Waals surface area contributed by atoms with Gasteiger partial charge in [0.05, 0.1) is 0 Å². The Hall–Kier alpha value is -0.330. The SMILES string of the molecule is C=CCCC[CH]F. The van der Waals surface area contributed by atoms with Crippen LogP contribution in [0.25, 0.3) is 0 Å². The molecule has 0 aromatic rings. The molecule has 0 aromatic heterocycles. The Labute approximate surface area is 44.0 Å². The first-order valence-electron chi connectivity index (χ1n) is 2.44. The van der Waals surface area contributed by atoms with Crippen LogP contribution in [0.15, 0.2) is 12.7 Å². The van der Waals surface area contributed by atoms with E-state index in [1.165, 1.54) is 0 Å². The van der Waals surface area contributed by atoms with Crippen LogP contribution in [0.4, 0.5) is 4.39 Å². The summed E-state index contributed by atoms with van der Waals surface area (Å²) in [4.78, 5) is 0. The second-order valence-corrected chi connectivity index (χ2v) is 1.37. The lowest BCUT2D eigenvalue weighted by Gasteiger charge is -1.85. The number of hydrogen-bond donors (Lipinski definition) is 0. The predicted molar refractivity (Wildman–Crippen MR) is 29.5 cm³/mol. The molecule has 0 heterocycles. The van der Waals surface area contributed by atoms with E-state index in [4.69, 9.17) is 0 Å². The van der Waals surface area contributed by atoms with E-state index < -0.39 is 0 Å². The van der Waals surface area contributed by atoms with Gasteiger partial charge in [-0.15, -0.1) is 6.58 Å². The van der Waals surface area contributed by atoms with Gasteiger partial charge in [-0.1, -0.05) is 6.08 Å². The molecule has 0 unspecified atom stereocenters. The lowest BCUT2D eigenvalue weighted by atomic mass is 10.2. The molecular formula is C6H10F. The summed E-state index contributed by atoms with van der Waals surface area (Å²) in [6.45, 7) is 4.18. The Morgan fingerprint density at radius 2 is 2.14 bits per heavy atom. The molecule has 41 valence electrons. The average Bonchev–Trinajstić information content (AvgIpc) is 1.69. The molecule has 0 saturated heterocycles. The van der Waals surface area contributed by atoms with Crippen LogP contribution < -0.4 is 0 Å². The van der Waals surface area contributed by atoms with Gasteiger partial charge < -0.3 is 0 Å². The van der Waals surface area contributed by atoms with E-state index >= 15 is 0 Å². The maximum Gasteiger partial charge on any atom is 0.131 e. The van der Waals surface area contributed by atoms with Crippen molar-refractivity contribution in [2.24, 2.45) is 0 Å². The summed E-state index contributed by atoms with van der Waals surface area (Å²) in [5, 5.41) is 0. The topological polar surface area (TPSA) is 0 Å². The van der Waals surface area contributed by atoms with Crippen molar-refractivity contribution in [1.29, 1.82) is 0 Å². The monoisotopic (exact) mass is 101 g/mol. The summed E-state index contributed by atoms with van der Waals surface area (Å²) in [5.74, 6) is 0. The molecule has 0 rings (SSSR count). The van der Waals surface area contributed by atoms with Crippen LogP contribution in [-0.2, 0) is 0 Å². The molecule has 0 nitrogen and oxygen atoms in total. The third-order valence-electron chi connectivity index (χ3n) is 0.721. The molecule has 1 radical (unpaired) electrons. The molecule has 0 bridgehead atoms. The zero-order valence-corrected chi connectivity index (χ0v) is 4.36. The molecule has 7 heavy (non-hydrogen) atoms. The molecule has 0 aliphatic rings. The van der Waals surface area contributed by atoms with E-state index in [0.29, 0.717) is 13.1 Å². The van der Waals surface area contributed by atoms with E-state index in [9.17, 15) is 4.39 Å². The third kappa shape index (κ3) is 5.67. The van der Waals surface area contributed by atoms with Crippen molar-refractivity contribution >= 4 is 0 Å². The van der Waals surface area contributed by atoms with Gasteiger partial charge in [0, 0.05) is 0 Å². The molecular weight excluding hydrogens is 91.1 g/mol. The van der Waals surface area contributed by atoms with Gasteiger partial charge in [0.2, 0.25) is 0 Å². The smallest absolute Gasteiger partial charge is 0.131 e. The van der Waals surface area contributed by atoms with Crippen molar-refractivity contribution in [3.05, 3.63) is 19.3 Å². The van der Waals surface area contributed by atoms with E-state index in [2.05, 4.69) is 6.58 Å². The van der Waals surface area contributed by atoms with Gasteiger partial charge >= 0.3 is 0 Å². The van der Waals surface area contributed by atoms with Gasteiger partial charge in [-0.3, -0.25) is 0 Å². The standard InChI is InChI=1S/C6H10F/c1-2-3-4-5-6-7/h2,6H,1,3-5H2. The molecule has 0 aromatic carbocycles. The summed E-state index contributed by atoms with van der Waals surface area (Å²) < 4.78 is 11.2. The van der Waals surface area contributed by atoms with E-state index in [1.807, 2.05) is 0 Å². The quantitative estimate of drug-likeness (QED) is 0.377. The van der Waals surface area contributed by atoms with E-state index in [1.54, 1.807) is 6.08 Å². The average molecular weight is 101 g/mol. The Morgan fingerprint density at radius 3 is 2.57 bits per heavy atom. The lowest BCUT2D eigenvalue weighted by molar-refractivity contribution is 0.563. The second kappa shape index (κ2) is 5.67. The Bertz CT molecular complexity index is 41.4. The maximum atomic E-state index is 11.2. The zero-order valence-electron chi connectivity index (χ0n) is 4.36. The molecule has 0 aliphatic carbocycles. The molecule has 1 heteroatoms. The summed E-state index contributed by atoms with van der Waals surface area (Å²) in [7, 11) is 0. The van der Waals surface area contributed by atoms with Crippen LogP contribution >= 0.6 is 0 Å². The molecule has 0 spiro atoms. The first kappa shape index (κ1) is 6.67. The van der Waals surface area contributed by atoms with E-state index in [0.717, 1.165) is 12.8 Å². The van der Waals surface area contributed by atoms with Crippen molar-refractivity contribution < 1.29 is 4.39 Å². The van der Waals surface area contributed by atoms with Gasteiger partial charge in [-0.05, 0) is 19.3 Å². The largest absolute Gasteiger partial charge is 0.244 e. The fourth-order valence-corrected chi connectivity index (χ4v) is 0.339. The van der Waals surface area contributed by atoms with Gasteiger partial charge in [-0.25, -0.2) is 4.39 Å². The van der Waals surface area contributed by atoms with Gasteiger partial charge in [0.1, 0.15) is 6.67 Å². The summed E-state index contributed by atoms with van der Waals surface area (Å²) in [5.41, 5.74) is 0. The maximum absolute atomic E-state index is 11.2. The van der Waals surface area contributed by atoms with Crippen LogP contribution in [-0.4, -0.2) is 0 Å². The summed E-state index contributed by atoms with van der Waals surface area (Å²) in [6, 6.07) is 0. The van der Waals surface area contributed by atoms with Crippen molar-refractivity contribution in [3.8, 4) is 0 Å². The zero-order chi connectivity index (χ0) is 5.54. The van der Waals surface area contributed by atoms with E-state index in [-0.39, 0.29) is 0 Å². The van der Waals surface area contributed by atoms with Crippen molar-refractivity contribution in [2.45, 2.75) is 19.3 Å². The number of unbranched alkanes of at least 4 members (excludes halogenated alkanes) is 2. The van der Waals surface area contributed by atoms with Crippen LogP contribution in [0.2, 0.25) is 0 Å². The van der Waals surface area contributed by atoms with Gasteiger partial charge in [0.15, 0.2) is 0 Å². The molecule has 0 N–H and O–H groups in total. The van der Waals surface area contributed by atoms with Crippen molar-refractivity contribution in [1.82, 2.24) is 0 Å². The Kier molecular flexibility index (Phi) is 5.40. The predicted octanol–water partition coefficient (Wildman–Crippen LogP) is 2.47. The second-order valence-electron chi connectivity index (χ2n) is 1.37. The van der Waals surface area contributed by atoms with Crippen LogP contribution in [0.1, 0.15) is 19.3 Å². The molecule has 0 aliphatic heterocycles. The highest BCUT2D eigenvalue weighted by molar-refractivity contribution is 4.66. The van der Waals surface area contributed by atoms with Crippen LogP contribution in [0.3, 0.4) is 0 Å². The minimum Gasteiger partial charge on any atom is -0.244 e. The lowest BCUT2D eigenvalue weighted by Crippen LogP contribution is -1.67. The number of allylic oxidation sites excluding steroid dienone is 1. The fraction of sp³-hybridized carbons (Fsp3) is 0.500. The molecule has 0 amide bonds. The van der Waals surface area contributed by atoms with Crippen molar-refractivity contribution in [2.75, 3.05) is 0 Å². The van der Waals surface area contributed by atoms with Crippen LogP contribution in [0.5, 0.6) is 0 Å². The first-order valence-corrected chi connectivity index (χ1v) is 2.44. The fourth-order valence-electron chi connectivity index (χ4n) is 0.339. The van der Waals surface area contributed by atoms with Gasteiger partial charge in [-0.2, -0.15) is 0 Å². The minimum absolute atomic E-state index is 0.562. The highest BCUT2D eigenvalue weighted by Gasteiger charge is 1.80. The Morgan fingerprint density at radius 1 is 1.43 bits per heavy atom.